The molecule has 0 radical (unpaired) electrons. The van der Waals surface area contributed by atoms with Crippen molar-refractivity contribution in [1.82, 2.24) is 20.4 Å². The zero-order valence-electron chi connectivity index (χ0n) is 13.5. The van der Waals surface area contributed by atoms with Crippen LogP contribution in [-0.4, -0.2) is 27.5 Å². The number of methoxy groups -OCH3 is 1. The molecule has 5 heteroatoms. The van der Waals surface area contributed by atoms with Crippen LogP contribution in [0.3, 0.4) is 0 Å². The van der Waals surface area contributed by atoms with Gasteiger partial charge >= 0.3 is 0 Å². The first-order valence-corrected chi connectivity index (χ1v) is 8.01. The summed E-state index contributed by atoms with van der Waals surface area (Å²) in [6.07, 6.45) is 0. The first-order valence-electron chi connectivity index (χ1n) is 8.01. The molecule has 5 nitrogen and oxygen atoms in total. The van der Waals surface area contributed by atoms with Crippen LogP contribution in [0, 0.1) is 0 Å². The Hall–Kier alpha value is -3.47. The number of H-pyrrole nitrogens is 1. The molecular formula is C20H14N4O. The van der Waals surface area contributed by atoms with Crippen LogP contribution < -0.4 is 4.74 Å². The number of nitrogens with zero attached hydrogens (tertiary/aromatic N) is 3. The van der Waals surface area contributed by atoms with Gasteiger partial charge in [-0.2, -0.15) is 15.4 Å². The maximum Gasteiger partial charge on any atom is 0.139 e. The summed E-state index contributed by atoms with van der Waals surface area (Å²) < 4.78 is 5.30. The fourth-order valence-electron chi connectivity index (χ4n) is 3.23. The van der Waals surface area contributed by atoms with Crippen molar-refractivity contribution in [3.05, 3.63) is 60.7 Å². The van der Waals surface area contributed by atoms with Crippen LogP contribution in [0.1, 0.15) is 0 Å². The van der Waals surface area contributed by atoms with Gasteiger partial charge in [-0.25, -0.2) is 4.98 Å². The predicted octanol–water partition coefficient (Wildman–Crippen LogP) is 4.33. The highest BCUT2D eigenvalue weighted by Crippen LogP contribution is 2.32. The number of aromatic amines is 1. The smallest absolute Gasteiger partial charge is 0.139 e. The maximum atomic E-state index is 5.30. The van der Waals surface area contributed by atoms with Crippen LogP contribution in [0.25, 0.3) is 44.0 Å². The van der Waals surface area contributed by atoms with Crippen molar-refractivity contribution >= 4 is 32.7 Å². The summed E-state index contributed by atoms with van der Waals surface area (Å²) in [6.45, 7) is 0. The van der Waals surface area contributed by atoms with Gasteiger partial charge in [0.15, 0.2) is 0 Å². The van der Waals surface area contributed by atoms with Crippen LogP contribution in [0.2, 0.25) is 0 Å². The van der Waals surface area contributed by atoms with Crippen LogP contribution in [0.4, 0.5) is 0 Å². The highest BCUT2D eigenvalue weighted by Gasteiger charge is 2.14. The summed E-state index contributed by atoms with van der Waals surface area (Å²) >= 11 is 0. The summed E-state index contributed by atoms with van der Waals surface area (Å²) in [6, 6.07) is 20.3. The van der Waals surface area contributed by atoms with Gasteiger partial charge in [-0.1, -0.05) is 36.4 Å². The van der Waals surface area contributed by atoms with Crippen LogP contribution in [0.5, 0.6) is 5.75 Å². The number of benzene rings is 3. The van der Waals surface area contributed by atoms with Crippen molar-refractivity contribution < 1.29 is 4.74 Å². The number of rotatable bonds is 2. The van der Waals surface area contributed by atoms with Crippen LogP contribution >= 0.6 is 0 Å². The van der Waals surface area contributed by atoms with Gasteiger partial charge in [-0.15, -0.1) is 0 Å². The fraction of sp³-hybridized carbons (Fsp3) is 0.0500. The van der Waals surface area contributed by atoms with E-state index in [2.05, 4.69) is 39.7 Å². The van der Waals surface area contributed by atoms with E-state index in [0.29, 0.717) is 0 Å². The molecule has 0 fully saturated rings. The SMILES string of the molecule is COc1ccc2cc(-c3nc4ccccc4c4n[nH]nc34)ccc2c1. The van der Waals surface area contributed by atoms with Gasteiger partial charge in [0, 0.05) is 10.9 Å². The maximum absolute atomic E-state index is 5.30. The Morgan fingerprint density at radius 3 is 2.56 bits per heavy atom. The molecule has 3 aromatic carbocycles. The quantitative estimate of drug-likeness (QED) is 0.524. The Labute approximate surface area is 143 Å². The average Bonchev–Trinajstić information content (AvgIpc) is 3.16. The molecule has 0 bridgehead atoms. The Kier molecular flexibility index (Phi) is 2.94. The van der Waals surface area contributed by atoms with E-state index in [-0.39, 0.29) is 0 Å². The van der Waals surface area contributed by atoms with Crippen molar-refractivity contribution in [1.29, 1.82) is 0 Å². The molecule has 0 spiro atoms. The topological polar surface area (TPSA) is 63.7 Å². The van der Waals surface area contributed by atoms with Crippen LogP contribution in [-0.2, 0) is 0 Å². The zero-order chi connectivity index (χ0) is 16.8. The number of hydrogen-bond acceptors (Lipinski definition) is 4. The largest absolute Gasteiger partial charge is 0.497 e. The normalized spacial score (nSPS) is 11.4. The third-order valence-electron chi connectivity index (χ3n) is 4.48. The number of ether oxygens (including phenoxy) is 1. The molecule has 0 atom stereocenters. The second kappa shape index (κ2) is 5.27. The lowest BCUT2D eigenvalue weighted by molar-refractivity contribution is 0.415. The third-order valence-corrected chi connectivity index (χ3v) is 4.48. The fourth-order valence-corrected chi connectivity index (χ4v) is 3.23. The summed E-state index contributed by atoms with van der Waals surface area (Å²) in [5, 5.41) is 14.7. The van der Waals surface area contributed by atoms with Crippen molar-refractivity contribution in [3.8, 4) is 17.0 Å². The monoisotopic (exact) mass is 326 g/mol. The van der Waals surface area contributed by atoms with E-state index in [4.69, 9.17) is 9.72 Å². The van der Waals surface area contributed by atoms with Gasteiger partial charge in [-0.3, -0.25) is 0 Å². The van der Waals surface area contributed by atoms with E-state index in [1.54, 1.807) is 7.11 Å². The van der Waals surface area contributed by atoms with Crippen LogP contribution in [0.15, 0.2) is 60.7 Å². The number of nitrogens with one attached hydrogen (secondary N) is 1. The number of aromatic nitrogens is 4. The molecule has 5 aromatic rings. The van der Waals surface area contributed by atoms with Crippen molar-refractivity contribution in [2.75, 3.05) is 7.11 Å². The average molecular weight is 326 g/mol. The molecular weight excluding hydrogens is 312 g/mol. The van der Waals surface area contributed by atoms with Gasteiger partial charge in [0.1, 0.15) is 22.5 Å². The molecule has 25 heavy (non-hydrogen) atoms. The first-order chi connectivity index (χ1) is 12.3. The number of pyridine rings is 1. The molecule has 0 saturated heterocycles. The molecule has 0 aliphatic heterocycles. The minimum atomic E-state index is 0.784. The lowest BCUT2D eigenvalue weighted by Gasteiger charge is -2.07. The summed E-state index contributed by atoms with van der Waals surface area (Å²) in [5.41, 5.74) is 4.39. The molecule has 2 aromatic heterocycles. The number of hydrogen-bond donors (Lipinski definition) is 1. The standard InChI is InChI=1S/C20H14N4O/c1-25-15-9-8-12-10-14(7-6-13(12)11-15)18-20-19(22-24-23-20)16-4-2-3-5-17(16)21-18/h2-11H,1H3,(H,22,23,24). The van der Waals surface area contributed by atoms with E-state index < -0.39 is 0 Å². The highest BCUT2D eigenvalue weighted by molar-refractivity contribution is 6.07. The zero-order valence-corrected chi connectivity index (χ0v) is 13.5. The van der Waals surface area contributed by atoms with Crippen molar-refractivity contribution in [2.24, 2.45) is 0 Å². The minimum absolute atomic E-state index is 0.784. The van der Waals surface area contributed by atoms with Gasteiger partial charge in [0.05, 0.1) is 12.6 Å². The van der Waals surface area contributed by atoms with Gasteiger partial charge in [0.2, 0.25) is 0 Å². The number of fused-ring (bicyclic) bond motifs is 4. The van der Waals surface area contributed by atoms with Gasteiger partial charge in [0.25, 0.3) is 0 Å². The molecule has 2 heterocycles. The highest BCUT2D eigenvalue weighted by atomic mass is 16.5. The Balaban J connectivity index is 1.79. The predicted molar refractivity (Wildman–Crippen MR) is 98.7 cm³/mol. The van der Waals surface area contributed by atoms with E-state index in [1.165, 1.54) is 0 Å². The lowest BCUT2D eigenvalue weighted by Crippen LogP contribution is -1.89. The lowest BCUT2D eigenvalue weighted by atomic mass is 10.0. The van der Waals surface area contributed by atoms with E-state index in [0.717, 1.165) is 49.7 Å². The molecule has 1 N–H and O–H groups in total. The molecule has 0 unspecified atom stereocenters. The molecule has 0 aliphatic carbocycles. The molecule has 0 aliphatic rings. The molecule has 120 valence electrons. The van der Waals surface area contributed by atoms with Gasteiger partial charge < -0.3 is 4.74 Å². The van der Waals surface area contributed by atoms with E-state index in [9.17, 15) is 0 Å². The summed E-state index contributed by atoms with van der Waals surface area (Å²) in [7, 11) is 1.68. The van der Waals surface area contributed by atoms with Crippen molar-refractivity contribution in [2.45, 2.75) is 0 Å². The summed E-state index contributed by atoms with van der Waals surface area (Å²) in [5.74, 6) is 0.850. The Morgan fingerprint density at radius 1 is 0.840 bits per heavy atom. The molecule has 5 rings (SSSR count). The van der Waals surface area contributed by atoms with E-state index in [1.807, 2.05) is 36.4 Å². The summed E-state index contributed by atoms with van der Waals surface area (Å²) in [4.78, 5) is 4.84. The minimum Gasteiger partial charge on any atom is -0.497 e. The van der Waals surface area contributed by atoms with Gasteiger partial charge in [-0.05, 0) is 35.0 Å². The Bertz CT molecular complexity index is 1240. The number of para-hydroxylation sites is 1. The second-order valence-corrected chi connectivity index (χ2v) is 5.93. The molecule has 0 amide bonds. The first kappa shape index (κ1) is 13.9. The second-order valence-electron chi connectivity index (χ2n) is 5.93. The molecule has 0 saturated carbocycles. The third kappa shape index (κ3) is 2.13. The van der Waals surface area contributed by atoms with Crippen molar-refractivity contribution in [3.63, 3.8) is 0 Å². The Morgan fingerprint density at radius 2 is 1.64 bits per heavy atom. The van der Waals surface area contributed by atoms with E-state index >= 15 is 0 Å².